The van der Waals surface area contributed by atoms with Crippen molar-refractivity contribution in [2.75, 3.05) is 19.6 Å². The van der Waals surface area contributed by atoms with Crippen LogP contribution in [0.2, 0.25) is 0 Å². The normalized spacial score (nSPS) is 24.4. The zero-order chi connectivity index (χ0) is 11.1. The fourth-order valence-electron chi connectivity index (χ4n) is 2.71. The molecular formula is C13H15NO2. The predicted molar refractivity (Wildman–Crippen MR) is 60.5 cm³/mol. The molecule has 0 spiro atoms. The Hall–Kier alpha value is -1.35. The van der Waals surface area contributed by atoms with E-state index in [0.29, 0.717) is 5.92 Å². The highest BCUT2D eigenvalue weighted by Gasteiger charge is 2.36. The summed E-state index contributed by atoms with van der Waals surface area (Å²) in [6.07, 6.45) is 1.16. The number of carbonyl (C=O) groups is 1. The molecular weight excluding hydrogens is 202 g/mol. The first-order valence-corrected chi connectivity index (χ1v) is 5.77. The Bertz CT molecular complexity index is 424. The number of fused-ring (bicyclic) bond motifs is 1. The minimum absolute atomic E-state index is 0.129. The molecule has 16 heavy (non-hydrogen) atoms. The Kier molecular flexibility index (Phi) is 2.21. The topological polar surface area (TPSA) is 40.5 Å². The highest BCUT2D eigenvalue weighted by molar-refractivity contribution is 5.71. The number of likely N-dealkylation sites (tertiary alicyclic amines) is 1. The lowest BCUT2D eigenvalue weighted by Gasteiger charge is -2.41. The molecule has 1 aromatic rings. The maximum atomic E-state index is 10.7. The Morgan fingerprint density at radius 1 is 1.38 bits per heavy atom. The van der Waals surface area contributed by atoms with E-state index in [1.54, 1.807) is 0 Å². The number of nitrogens with zero attached hydrogens (tertiary/aromatic N) is 1. The minimum atomic E-state index is -0.648. The molecule has 1 aromatic carbocycles. The zero-order valence-electron chi connectivity index (χ0n) is 9.10. The van der Waals surface area contributed by atoms with Crippen molar-refractivity contribution in [3.05, 3.63) is 35.4 Å². The molecule has 3 nitrogen and oxygen atoms in total. The average Bonchev–Trinajstić information content (AvgIpc) is 2.16. The summed E-state index contributed by atoms with van der Waals surface area (Å²) in [6.45, 7) is 2.49. The lowest BCUT2D eigenvalue weighted by atomic mass is 9.77. The number of hydrogen-bond donors (Lipinski definition) is 1. The van der Waals surface area contributed by atoms with Gasteiger partial charge in [0.25, 0.3) is 0 Å². The number of hydrogen-bond acceptors (Lipinski definition) is 2. The van der Waals surface area contributed by atoms with Crippen molar-refractivity contribution in [1.29, 1.82) is 0 Å². The van der Waals surface area contributed by atoms with Crippen LogP contribution in [-0.4, -0.2) is 35.6 Å². The van der Waals surface area contributed by atoms with Gasteiger partial charge < -0.3 is 10.0 Å². The smallest absolute Gasteiger partial charge is 0.309 e. The van der Waals surface area contributed by atoms with Crippen molar-refractivity contribution in [3.63, 3.8) is 0 Å². The molecule has 1 saturated heterocycles. The van der Waals surface area contributed by atoms with Crippen LogP contribution in [0.1, 0.15) is 17.0 Å². The van der Waals surface area contributed by atoms with Crippen LogP contribution >= 0.6 is 0 Å². The van der Waals surface area contributed by atoms with Gasteiger partial charge in [-0.25, -0.2) is 0 Å². The van der Waals surface area contributed by atoms with Crippen LogP contribution in [0.15, 0.2) is 24.3 Å². The van der Waals surface area contributed by atoms with Gasteiger partial charge in [-0.2, -0.15) is 0 Å². The molecule has 0 radical (unpaired) electrons. The number of rotatable bonds is 3. The first-order valence-electron chi connectivity index (χ1n) is 5.77. The molecule has 0 aromatic heterocycles. The summed E-state index contributed by atoms with van der Waals surface area (Å²) in [5, 5.41) is 8.79. The van der Waals surface area contributed by atoms with Gasteiger partial charge in [0.15, 0.2) is 0 Å². The summed E-state index contributed by atoms with van der Waals surface area (Å²) >= 11 is 0. The van der Waals surface area contributed by atoms with Crippen molar-refractivity contribution in [1.82, 2.24) is 4.90 Å². The first kappa shape index (κ1) is 9.85. The monoisotopic (exact) mass is 217 g/mol. The van der Waals surface area contributed by atoms with Gasteiger partial charge in [0, 0.05) is 25.6 Å². The highest BCUT2D eigenvalue weighted by atomic mass is 16.4. The molecule has 0 saturated carbocycles. The van der Waals surface area contributed by atoms with Gasteiger partial charge in [0.2, 0.25) is 0 Å². The third-order valence-electron chi connectivity index (χ3n) is 3.75. The second kappa shape index (κ2) is 3.59. The Balaban J connectivity index is 1.55. The lowest BCUT2D eigenvalue weighted by Crippen LogP contribution is -2.52. The second-order valence-electron chi connectivity index (χ2n) is 4.85. The fourth-order valence-corrected chi connectivity index (χ4v) is 2.71. The molecule has 3 rings (SSSR count). The molecule has 1 fully saturated rings. The summed E-state index contributed by atoms with van der Waals surface area (Å²) < 4.78 is 0. The molecule has 3 heteroatoms. The van der Waals surface area contributed by atoms with E-state index in [1.165, 1.54) is 11.1 Å². The largest absolute Gasteiger partial charge is 0.481 e. The standard InChI is InChI=1S/C13H15NO2/c15-13(16)11-7-14(8-11)6-10-5-9-3-1-2-4-12(9)10/h1-4,10-11H,5-8H2,(H,15,16). The first-order chi connectivity index (χ1) is 7.74. The zero-order valence-corrected chi connectivity index (χ0v) is 9.10. The predicted octanol–water partition coefficient (Wildman–Crippen LogP) is 1.34. The number of benzene rings is 1. The molecule has 2 aliphatic rings. The van der Waals surface area contributed by atoms with E-state index in [-0.39, 0.29) is 5.92 Å². The average molecular weight is 217 g/mol. The van der Waals surface area contributed by atoms with E-state index in [2.05, 4.69) is 29.2 Å². The maximum Gasteiger partial charge on any atom is 0.309 e. The van der Waals surface area contributed by atoms with Gasteiger partial charge in [-0.1, -0.05) is 24.3 Å². The van der Waals surface area contributed by atoms with E-state index in [0.717, 1.165) is 26.1 Å². The minimum Gasteiger partial charge on any atom is -0.481 e. The van der Waals surface area contributed by atoms with Crippen LogP contribution in [0, 0.1) is 5.92 Å². The van der Waals surface area contributed by atoms with Gasteiger partial charge in [0.1, 0.15) is 0 Å². The molecule has 1 heterocycles. The second-order valence-corrected chi connectivity index (χ2v) is 4.85. The van der Waals surface area contributed by atoms with Crippen LogP contribution in [0.25, 0.3) is 0 Å². The molecule has 0 amide bonds. The Labute approximate surface area is 94.7 Å². The molecule has 1 aliphatic heterocycles. The SMILES string of the molecule is O=C(O)C1CN(CC2Cc3ccccc32)C1. The van der Waals surface area contributed by atoms with Crippen molar-refractivity contribution in [2.45, 2.75) is 12.3 Å². The van der Waals surface area contributed by atoms with Crippen molar-refractivity contribution in [3.8, 4) is 0 Å². The van der Waals surface area contributed by atoms with E-state index < -0.39 is 5.97 Å². The number of carboxylic acid groups (broad SMARTS) is 1. The van der Waals surface area contributed by atoms with Gasteiger partial charge in [-0.15, -0.1) is 0 Å². The fraction of sp³-hybridized carbons (Fsp3) is 0.462. The van der Waals surface area contributed by atoms with Crippen molar-refractivity contribution in [2.24, 2.45) is 5.92 Å². The van der Waals surface area contributed by atoms with E-state index >= 15 is 0 Å². The molecule has 1 unspecified atom stereocenters. The van der Waals surface area contributed by atoms with Crippen LogP contribution in [0.4, 0.5) is 0 Å². The van der Waals surface area contributed by atoms with E-state index in [1.807, 2.05) is 0 Å². The summed E-state index contributed by atoms with van der Waals surface area (Å²) in [6, 6.07) is 8.54. The van der Waals surface area contributed by atoms with Gasteiger partial charge in [-0.05, 0) is 17.5 Å². The highest BCUT2D eigenvalue weighted by Crippen LogP contribution is 2.36. The van der Waals surface area contributed by atoms with Crippen LogP contribution in [0.3, 0.4) is 0 Å². The Morgan fingerprint density at radius 2 is 2.12 bits per heavy atom. The Morgan fingerprint density at radius 3 is 2.81 bits per heavy atom. The third kappa shape index (κ3) is 1.52. The van der Waals surface area contributed by atoms with Gasteiger partial charge in [-0.3, -0.25) is 4.79 Å². The van der Waals surface area contributed by atoms with Gasteiger partial charge >= 0.3 is 5.97 Å². The van der Waals surface area contributed by atoms with Crippen LogP contribution < -0.4 is 0 Å². The molecule has 84 valence electrons. The van der Waals surface area contributed by atoms with Crippen molar-refractivity contribution >= 4 is 5.97 Å². The third-order valence-corrected chi connectivity index (χ3v) is 3.75. The molecule has 1 aliphatic carbocycles. The summed E-state index contributed by atoms with van der Waals surface area (Å²) in [4.78, 5) is 12.9. The number of carboxylic acids is 1. The van der Waals surface area contributed by atoms with Crippen LogP contribution in [-0.2, 0) is 11.2 Å². The van der Waals surface area contributed by atoms with Gasteiger partial charge in [0.05, 0.1) is 5.92 Å². The molecule has 1 atom stereocenters. The maximum absolute atomic E-state index is 10.7. The lowest BCUT2D eigenvalue weighted by molar-refractivity contribution is -0.147. The van der Waals surface area contributed by atoms with E-state index in [9.17, 15) is 4.79 Å². The van der Waals surface area contributed by atoms with E-state index in [4.69, 9.17) is 5.11 Å². The summed E-state index contributed by atoms with van der Waals surface area (Å²) in [5.41, 5.74) is 2.92. The van der Waals surface area contributed by atoms with Crippen molar-refractivity contribution < 1.29 is 9.90 Å². The summed E-state index contributed by atoms with van der Waals surface area (Å²) in [5.74, 6) is -0.147. The molecule has 1 N–H and O–H groups in total. The van der Waals surface area contributed by atoms with Crippen LogP contribution in [0.5, 0.6) is 0 Å². The quantitative estimate of drug-likeness (QED) is 0.830. The summed E-state index contributed by atoms with van der Waals surface area (Å²) in [7, 11) is 0. The number of aliphatic carboxylic acids is 1. The molecule has 0 bridgehead atoms.